The molecule has 0 bridgehead atoms. The van der Waals surface area contributed by atoms with E-state index in [4.69, 9.17) is 24.3 Å². The molecular formula is C87H174NO8P. The summed E-state index contributed by atoms with van der Waals surface area (Å²) in [7, 11) is -4.39. The zero-order valence-corrected chi connectivity index (χ0v) is 66.8. The van der Waals surface area contributed by atoms with Crippen molar-refractivity contribution in [2.75, 3.05) is 26.4 Å². The third kappa shape index (κ3) is 83.8. The fraction of sp³-hybridized carbons (Fsp3) is 0.977. The molecule has 3 N–H and O–H groups in total. The molecule has 0 aromatic heterocycles. The molecule has 2 atom stereocenters. The maximum absolute atomic E-state index is 12.8. The van der Waals surface area contributed by atoms with Gasteiger partial charge in [0.1, 0.15) is 6.61 Å². The van der Waals surface area contributed by atoms with E-state index in [0.717, 1.165) is 32.1 Å². The third-order valence-corrected chi connectivity index (χ3v) is 22.0. The molecule has 0 aliphatic heterocycles. The molecule has 0 spiro atoms. The second kappa shape index (κ2) is 84.0. The highest BCUT2D eigenvalue weighted by atomic mass is 31.2. The summed E-state index contributed by atoms with van der Waals surface area (Å²) in [6.45, 7) is 3.87. The largest absolute Gasteiger partial charge is 0.472 e. The molecule has 2 unspecified atom stereocenters. The Bertz CT molecular complexity index is 1550. The van der Waals surface area contributed by atoms with Crippen LogP contribution in [0.5, 0.6) is 0 Å². The molecule has 0 heterocycles. The molecule has 0 radical (unpaired) electrons. The summed E-state index contributed by atoms with van der Waals surface area (Å²) >= 11 is 0. The molecule has 97 heavy (non-hydrogen) atoms. The molecule has 10 heteroatoms. The molecule has 0 rings (SSSR count). The van der Waals surface area contributed by atoms with Crippen LogP contribution in [0.2, 0.25) is 0 Å². The Kier molecular flexibility index (Phi) is 83.1. The molecule has 0 aliphatic rings. The van der Waals surface area contributed by atoms with E-state index in [0.29, 0.717) is 12.8 Å². The molecule has 0 aromatic rings. The van der Waals surface area contributed by atoms with Crippen molar-refractivity contribution < 1.29 is 37.6 Å². The standard InChI is InChI=1S/C87H174NO8P/c1-3-5-7-9-11-13-15-17-19-21-23-25-27-29-31-33-35-37-39-41-42-43-44-46-48-50-52-54-56-58-60-62-64-66-68-70-72-74-76-78-80-87(90)96-85(84-95-97(91,92)94-82-81-88)83-93-86(89)79-77-75-73-71-69-67-65-63-61-59-57-55-53-51-49-47-45-40-38-36-34-32-30-28-26-24-22-20-18-16-14-12-10-8-6-4-2/h85H,3-84,88H2,1-2H3,(H,91,92). The molecule has 9 nitrogen and oxygen atoms in total. The Morgan fingerprint density at radius 3 is 0.629 bits per heavy atom. The van der Waals surface area contributed by atoms with Gasteiger partial charge in [0.05, 0.1) is 13.2 Å². The highest BCUT2D eigenvalue weighted by molar-refractivity contribution is 7.47. The normalized spacial score (nSPS) is 12.7. The average Bonchev–Trinajstić information content (AvgIpc) is 2.86. The first-order valence-corrected chi connectivity index (χ1v) is 46.0. The van der Waals surface area contributed by atoms with Crippen molar-refractivity contribution in [2.45, 2.75) is 521 Å². The Balaban J connectivity index is 3.67. The summed E-state index contributed by atoms with van der Waals surface area (Å²) in [6.07, 6.45) is 105. The highest BCUT2D eigenvalue weighted by Gasteiger charge is 2.26. The van der Waals surface area contributed by atoms with Crippen molar-refractivity contribution in [3.63, 3.8) is 0 Å². The predicted molar refractivity (Wildman–Crippen MR) is 423 cm³/mol. The van der Waals surface area contributed by atoms with Crippen molar-refractivity contribution in [2.24, 2.45) is 5.73 Å². The van der Waals surface area contributed by atoms with Crippen LogP contribution in [-0.4, -0.2) is 49.3 Å². The molecule has 0 saturated carbocycles. The summed E-state index contributed by atoms with van der Waals surface area (Å²) in [6, 6.07) is 0. The van der Waals surface area contributed by atoms with E-state index in [9.17, 15) is 19.0 Å². The highest BCUT2D eigenvalue weighted by Crippen LogP contribution is 2.43. The fourth-order valence-electron chi connectivity index (χ4n) is 14.4. The average molecular weight is 1390 g/mol. The fourth-order valence-corrected chi connectivity index (χ4v) is 15.2. The number of nitrogens with two attached hydrogens (primary N) is 1. The van der Waals surface area contributed by atoms with Crippen molar-refractivity contribution in [1.82, 2.24) is 0 Å². The number of phosphoric acid groups is 1. The number of unbranched alkanes of at least 4 members (excludes halogenated alkanes) is 74. The van der Waals surface area contributed by atoms with Gasteiger partial charge in [-0.3, -0.25) is 18.6 Å². The number of carbonyl (C=O) groups is 2. The van der Waals surface area contributed by atoms with Crippen molar-refractivity contribution >= 4 is 19.8 Å². The quantitative estimate of drug-likeness (QED) is 0.0347. The monoisotopic (exact) mass is 1390 g/mol. The zero-order chi connectivity index (χ0) is 70.0. The minimum Gasteiger partial charge on any atom is -0.462 e. The second-order valence-corrected chi connectivity index (χ2v) is 32.3. The van der Waals surface area contributed by atoms with Gasteiger partial charge in [-0.2, -0.15) is 0 Å². The molecule has 0 amide bonds. The number of carbonyl (C=O) groups excluding carboxylic acids is 2. The smallest absolute Gasteiger partial charge is 0.462 e. The molecule has 0 aromatic carbocycles. The zero-order valence-electron chi connectivity index (χ0n) is 65.9. The summed E-state index contributed by atoms with van der Waals surface area (Å²) < 4.78 is 33.3. The molecule has 0 aliphatic carbocycles. The van der Waals surface area contributed by atoms with E-state index in [1.54, 1.807) is 0 Å². The maximum atomic E-state index is 12.8. The topological polar surface area (TPSA) is 134 Å². The summed E-state index contributed by atoms with van der Waals surface area (Å²) in [4.78, 5) is 35.5. The first kappa shape index (κ1) is 96.0. The van der Waals surface area contributed by atoms with Crippen LogP contribution < -0.4 is 5.73 Å². The van der Waals surface area contributed by atoms with Crippen LogP contribution in [0, 0.1) is 0 Å². The first-order chi connectivity index (χ1) is 47.8. The van der Waals surface area contributed by atoms with E-state index in [1.165, 1.54) is 449 Å². The summed E-state index contributed by atoms with van der Waals surface area (Å²) in [5, 5.41) is 0. The van der Waals surface area contributed by atoms with Gasteiger partial charge in [-0.15, -0.1) is 0 Å². The van der Waals surface area contributed by atoms with Gasteiger partial charge in [-0.1, -0.05) is 489 Å². The van der Waals surface area contributed by atoms with E-state index in [1.807, 2.05) is 0 Å². The molecular weight excluding hydrogens is 1220 g/mol. The lowest BCUT2D eigenvalue weighted by Crippen LogP contribution is -2.29. The Hall–Kier alpha value is -0.990. The van der Waals surface area contributed by atoms with Crippen LogP contribution in [0.4, 0.5) is 0 Å². The number of esters is 2. The summed E-state index contributed by atoms with van der Waals surface area (Å²) in [5.74, 6) is -0.792. The van der Waals surface area contributed by atoms with E-state index in [2.05, 4.69) is 13.8 Å². The number of hydrogen-bond donors (Lipinski definition) is 2. The number of phosphoric ester groups is 1. The van der Waals surface area contributed by atoms with Gasteiger partial charge >= 0.3 is 19.8 Å². The SMILES string of the molecule is CCCCCCCCCCCCCCCCCCCCCCCCCCCCCCCCCCCCCCCCCCC(=O)OC(COC(=O)CCCCCCCCCCCCCCCCCCCCCCCCCCCCCCCCCCCCCC)COP(=O)(O)OCCN. The number of ether oxygens (including phenoxy) is 2. The van der Waals surface area contributed by atoms with Gasteiger partial charge in [-0.25, -0.2) is 4.57 Å². The minimum atomic E-state index is -4.39. The van der Waals surface area contributed by atoms with E-state index >= 15 is 0 Å². The Morgan fingerprint density at radius 1 is 0.268 bits per heavy atom. The third-order valence-electron chi connectivity index (χ3n) is 21.0. The van der Waals surface area contributed by atoms with Gasteiger partial charge in [0.15, 0.2) is 6.10 Å². The van der Waals surface area contributed by atoms with E-state index in [-0.39, 0.29) is 32.1 Å². The Labute approximate surface area is 607 Å². The second-order valence-electron chi connectivity index (χ2n) is 30.8. The minimum absolute atomic E-state index is 0.0591. The lowest BCUT2D eigenvalue weighted by atomic mass is 10.0. The van der Waals surface area contributed by atoms with Gasteiger partial charge in [0.2, 0.25) is 0 Å². The van der Waals surface area contributed by atoms with Gasteiger partial charge in [0.25, 0.3) is 0 Å². The predicted octanol–water partition coefficient (Wildman–Crippen LogP) is 30.0. The van der Waals surface area contributed by atoms with Gasteiger partial charge in [-0.05, 0) is 12.8 Å². The lowest BCUT2D eigenvalue weighted by molar-refractivity contribution is -0.161. The van der Waals surface area contributed by atoms with Crippen LogP contribution in [0.15, 0.2) is 0 Å². The van der Waals surface area contributed by atoms with Crippen LogP contribution in [0.3, 0.4) is 0 Å². The number of rotatable bonds is 87. The number of hydrogen-bond acceptors (Lipinski definition) is 8. The Morgan fingerprint density at radius 2 is 0.443 bits per heavy atom. The van der Waals surface area contributed by atoms with Crippen molar-refractivity contribution in [3.8, 4) is 0 Å². The summed E-state index contributed by atoms with van der Waals surface area (Å²) in [5.41, 5.74) is 5.43. The lowest BCUT2D eigenvalue weighted by Gasteiger charge is -2.19. The molecule has 0 fully saturated rings. The van der Waals surface area contributed by atoms with Gasteiger partial charge in [0, 0.05) is 19.4 Å². The molecule has 580 valence electrons. The maximum Gasteiger partial charge on any atom is 0.472 e. The van der Waals surface area contributed by atoms with Crippen molar-refractivity contribution in [1.29, 1.82) is 0 Å². The van der Waals surface area contributed by atoms with Crippen LogP contribution in [0.25, 0.3) is 0 Å². The van der Waals surface area contributed by atoms with Crippen LogP contribution in [0.1, 0.15) is 515 Å². The van der Waals surface area contributed by atoms with Gasteiger partial charge < -0.3 is 20.1 Å². The first-order valence-electron chi connectivity index (χ1n) is 44.5. The van der Waals surface area contributed by atoms with E-state index < -0.39 is 26.5 Å². The van der Waals surface area contributed by atoms with Crippen molar-refractivity contribution in [3.05, 3.63) is 0 Å². The van der Waals surface area contributed by atoms with Crippen LogP contribution in [-0.2, 0) is 32.7 Å². The molecule has 0 saturated heterocycles. The van der Waals surface area contributed by atoms with Crippen LogP contribution >= 0.6 is 7.82 Å².